The Kier molecular flexibility index (Phi) is 4.56. The lowest BCUT2D eigenvalue weighted by Crippen LogP contribution is -2.45. The molecule has 2 N–H and O–H groups in total. The summed E-state index contributed by atoms with van der Waals surface area (Å²) in [6, 6.07) is 0.905. The number of esters is 1. The number of ether oxygens (including phenoxy) is 1. The third kappa shape index (κ3) is 4.23. The first kappa shape index (κ1) is 15.5. The molecule has 0 fully saturated rings. The van der Waals surface area contributed by atoms with Crippen molar-refractivity contribution in [1.82, 2.24) is 9.78 Å². The lowest BCUT2D eigenvalue weighted by molar-refractivity contribution is -0.146. The van der Waals surface area contributed by atoms with Crippen LogP contribution in [0.25, 0.3) is 0 Å². The van der Waals surface area contributed by atoms with Gasteiger partial charge in [0.1, 0.15) is 5.54 Å². The molecule has 8 heteroatoms. The summed E-state index contributed by atoms with van der Waals surface area (Å²) in [6.07, 6.45) is -2.49. The normalized spacial score (nSPS) is 15.1. The average molecular weight is 279 g/mol. The fourth-order valence-corrected chi connectivity index (χ4v) is 1.58. The molecule has 0 bridgehead atoms. The van der Waals surface area contributed by atoms with Crippen LogP contribution in [0.15, 0.2) is 12.3 Å². The molecule has 1 heterocycles. The van der Waals surface area contributed by atoms with Gasteiger partial charge in [-0.05, 0) is 25.8 Å². The molecule has 0 saturated carbocycles. The number of aromatic nitrogens is 2. The molecule has 1 unspecified atom stereocenters. The first-order valence-corrected chi connectivity index (χ1v) is 5.65. The molecule has 0 aromatic carbocycles. The van der Waals surface area contributed by atoms with Gasteiger partial charge in [0.15, 0.2) is 5.69 Å². The largest absolute Gasteiger partial charge is 0.468 e. The molecule has 1 atom stereocenters. The number of carbonyl (C=O) groups is 1. The fraction of sp³-hybridized carbons (Fsp3) is 0.636. The Morgan fingerprint density at radius 1 is 1.53 bits per heavy atom. The quantitative estimate of drug-likeness (QED) is 0.831. The van der Waals surface area contributed by atoms with E-state index in [0.717, 1.165) is 6.07 Å². The Labute approximate surface area is 108 Å². The predicted octanol–water partition coefficient (Wildman–Crippen LogP) is 1.57. The number of hydrogen-bond acceptors (Lipinski definition) is 4. The monoisotopic (exact) mass is 279 g/mol. The van der Waals surface area contributed by atoms with Gasteiger partial charge in [0, 0.05) is 12.7 Å². The molecule has 0 aliphatic rings. The predicted molar refractivity (Wildman–Crippen MR) is 61.1 cm³/mol. The Morgan fingerprint density at radius 2 is 2.16 bits per heavy atom. The highest BCUT2D eigenvalue weighted by atomic mass is 19.4. The van der Waals surface area contributed by atoms with Crippen molar-refractivity contribution in [2.45, 2.75) is 38.0 Å². The highest BCUT2D eigenvalue weighted by Crippen LogP contribution is 2.27. The summed E-state index contributed by atoms with van der Waals surface area (Å²) in [6.45, 7) is 1.77. The number of nitrogens with zero attached hydrogens (tertiary/aromatic N) is 2. The van der Waals surface area contributed by atoms with Crippen LogP contribution in [-0.4, -0.2) is 28.4 Å². The summed E-state index contributed by atoms with van der Waals surface area (Å²) >= 11 is 0. The molecular weight excluding hydrogens is 263 g/mol. The van der Waals surface area contributed by atoms with Crippen LogP contribution in [0.2, 0.25) is 0 Å². The van der Waals surface area contributed by atoms with E-state index in [2.05, 4.69) is 9.84 Å². The van der Waals surface area contributed by atoms with Crippen LogP contribution in [0, 0.1) is 0 Å². The topological polar surface area (TPSA) is 70.1 Å². The van der Waals surface area contributed by atoms with Crippen molar-refractivity contribution in [3.8, 4) is 0 Å². The van der Waals surface area contributed by atoms with Crippen LogP contribution in [0.1, 0.15) is 25.5 Å². The summed E-state index contributed by atoms with van der Waals surface area (Å²) in [5, 5.41) is 3.40. The van der Waals surface area contributed by atoms with Gasteiger partial charge in [-0.25, -0.2) is 0 Å². The number of alkyl halides is 3. The van der Waals surface area contributed by atoms with Gasteiger partial charge in [-0.1, -0.05) is 0 Å². The van der Waals surface area contributed by atoms with Crippen molar-refractivity contribution in [2.75, 3.05) is 7.11 Å². The molecule has 0 aliphatic heterocycles. The number of nitrogens with two attached hydrogens (primary N) is 1. The third-order valence-electron chi connectivity index (χ3n) is 2.67. The molecule has 0 spiro atoms. The first-order valence-electron chi connectivity index (χ1n) is 5.65. The van der Waals surface area contributed by atoms with Gasteiger partial charge in [-0.3, -0.25) is 9.48 Å². The van der Waals surface area contributed by atoms with Crippen molar-refractivity contribution >= 4 is 5.97 Å². The van der Waals surface area contributed by atoms with Gasteiger partial charge in [-0.15, -0.1) is 0 Å². The van der Waals surface area contributed by atoms with Crippen molar-refractivity contribution in [2.24, 2.45) is 5.73 Å². The summed E-state index contributed by atoms with van der Waals surface area (Å²) in [4.78, 5) is 11.3. The standard InChI is InChI=1S/C11H16F3N3O2/c1-10(15,9(18)19-2)5-3-6-17-7-4-8(16-17)11(12,13)14/h4,7H,3,5-6,15H2,1-2H3. The van der Waals surface area contributed by atoms with Crippen molar-refractivity contribution < 1.29 is 22.7 Å². The molecule has 1 aromatic rings. The maximum absolute atomic E-state index is 12.3. The van der Waals surface area contributed by atoms with E-state index < -0.39 is 23.4 Å². The molecule has 0 amide bonds. The Bertz CT molecular complexity index is 441. The van der Waals surface area contributed by atoms with Crippen molar-refractivity contribution in [3.63, 3.8) is 0 Å². The van der Waals surface area contributed by atoms with Gasteiger partial charge in [0.2, 0.25) is 0 Å². The van der Waals surface area contributed by atoms with Crippen LogP contribution in [-0.2, 0) is 22.3 Å². The minimum atomic E-state index is -4.44. The van der Waals surface area contributed by atoms with Crippen molar-refractivity contribution in [3.05, 3.63) is 18.0 Å². The van der Waals surface area contributed by atoms with E-state index >= 15 is 0 Å². The van der Waals surface area contributed by atoms with Gasteiger partial charge in [0.25, 0.3) is 0 Å². The van der Waals surface area contributed by atoms with E-state index in [-0.39, 0.29) is 6.54 Å². The first-order chi connectivity index (χ1) is 8.66. The van der Waals surface area contributed by atoms with Crippen LogP contribution < -0.4 is 5.73 Å². The zero-order chi connectivity index (χ0) is 14.7. The molecule has 1 rings (SSSR count). The van der Waals surface area contributed by atoms with Crippen LogP contribution >= 0.6 is 0 Å². The van der Waals surface area contributed by atoms with E-state index in [0.29, 0.717) is 12.8 Å². The second-order valence-corrected chi connectivity index (χ2v) is 4.47. The summed E-state index contributed by atoms with van der Waals surface area (Å²) in [5.74, 6) is -0.552. The maximum atomic E-state index is 12.3. The average Bonchev–Trinajstić information content (AvgIpc) is 2.76. The number of carbonyl (C=O) groups excluding carboxylic acids is 1. The lowest BCUT2D eigenvalue weighted by atomic mass is 9.97. The van der Waals surface area contributed by atoms with Gasteiger partial charge >= 0.3 is 12.1 Å². The molecule has 108 valence electrons. The summed E-state index contributed by atoms with van der Waals surface area (Å²) < 4.78 is 42.6. The van der Waals surface area contributed by atoms with E-state index in [9.17, 15) is 18.0 Å². The number of methoxy groups -OCH3 is 1. The lowest BCUT2D eigenvalue weighted by Gasteiger charge is -2.20. The van der Waals surface area contributed by atoms with E-state index in [1.54, 1.807) is 0 Å². The number of hydrogen-bond donors (Lipinski definition) is 1. The van der Waals surface area contributed by atoms with Crippen LogP contribution in [0.5, 0.6) is 0 Å². The van der Waals surface area contributed by atoms with Crippen LogP contribution in [0.4, 0.5) is 13.2 Å². The highest BCUT2D eigenvalue weighted by molar-refractivity contribution is 5.79. The van der Waals surface area contributed by atoms with Crippen molar-refractivity contribution in [1.29, 1.82) is 0 Å². The molecule has 1 aromatic heterocycles. The zero-order valence-corrected chi connectivity index (χ0v) is 10.7. The SMILES string of the molecule is COC(=O)C(C)(N)CCCn1ccc(C(F)(F)F)n1. The number of aryl methyl sites for hydroxylation is 1. The van der Waals surface area contributed by atoms with E-state index in [1.165, 1.54) is 24.9 Å². The molecule has 0 saturated heterocycles. The summed E-state index contributed by atoms with van der Waals surface area (Å²) in [7, 11) is 1.23. The number of halogens is 3. The van der Waals surface area contributed by atoms with Gasteiger partial charge in [-0.2, -0.15) is 18.3 Å². The zero-order valence-electron chi connectivity index (χ0n) is 10.7. The minimum absolute atomic E-state index is 0.250. The van der Waals surface area contributed by atoms with Crippen LogP contribution in [0.3, 0.4) is 0 Å². The molecule has 19 heavy (non-hydrogen) atoms. The third-order valence-corrected chi connectivity index (χ3v) is 2.67. The molecule has 0 radical (unpaired) electrons. The molecular formula is C11H16F3N3O2. The number of rotatable bonds is 5. The van der Waals surface area contributed by atoms with Gasteiger partial charge < -0.3 is 10.5 Å². The fourth-order valence-electron chi connectivity index (χ4n) is 1.58. The molecule has 5 nitrogen and oxygen atoms in total. The highest BCUT2D eigenvalue weighted by Gasteiger charge is 2.33. The smallest absolute Gasteiger partial charge is 0.435 e. The minimum Gasteiger partial charge on any atom is -0.468 e. The van der Waals surface area contributed by atoms with Gasteiger partial charge in [0.05, 0.1) is 7.11 Å². The van der Waals surface area contributed by atoms with E-state index in [1.807, 2.05) is 0 Å². The van der Waals surface area contributed by atoms with E-state index in [4.69, 9.17) is 5.73 Å². The maximum Gasteiger partial charge on any atom is 0.435 e. The second kappa shape index (κ2) is 5.60. The molecule has 0 aliphatic carbocycles. The Morgan fingerprint density at radius 3 is 2.63 bits per heavy atom. The Balaban J connectivity index is 2.50. The summed E-state index contributed by atoms with van der Waals surface area (Å²) in [5.41, 5.74) is 3.65. The Hall–Kier alpha value is -1.57. The second-order valence-electron chi connectivity index (χ2n) is 4.47.